The summed E-state index contributed by atoms with van der Waals surface area (Å²) in [5.41, 5.74) is 2.26. The Morgan fingerprint density at radius 2 is 1.95 bits per heavy atom. The molecule has 1 N–H and O–H groups in total. The van der Waals surface area contributed by atoms with Gasteiger partial charge in [0, 0.05) is 10.7 Å². The third-order valence-electron chi connectivity index (χ3n) is 2.94. The quantitative estimate of drug-likeness (QED) is 0.899. The molecule has 0 aliphatic carbocycles. The lowest BCUT2D eigenvalue weighted by molar-refractivity contribution is 0.241. The van der Waals surface area contributed by atoms with Crippen molar-refractivity contribution in [1.82, 2.24) is 10.3 Å². The van der Waals surface area contributed by atoms with Gasteiger partial charge in [0.25, 0.3) is 0 Å². The largest absolute Gasteiger partial charge is 0.489 e. The summed E-state index contributed by atoms with van der Waals surface area (Å²) in [6.07, 6.45) is 3.76. The van der Waals surface area contributed by atoms with Crippen LogP contribution in [0.4, 0.5) is 0 Å². The maximum atomic E-state index is 5.71. The molecular formula is C16H19BrN2O. The van der Waals surface area contributed by atoms with Crippen molar-refractivity contribution >= 4 is 15.9 Å². The summed E-state index contributed by atoms with van der Waals surface area (Å²) < 4.78 is 6.79. The van der Waals surface area contributed by atoms with Crippen molar-refractivity contribution in [2.75, 3.05) is 7.05 Å². The smallest absolute Gasteiger partial charge is 0.138 e. The fourth-order valence-electron chi connectivity index (χ4n) is 2.14. The molecule has 2 rings (SSSR count). The maximum absolute atomic E-state index is 5.71. The zero-order chi connectivity index (χ0) is 14.5. The Morgan fingerprint density at radius 1 is 1.20 bits per heavy atom. The van der Waals surface area contributed by atoms with Gasteiger partial charge in [0.2, 0.25) is 0 Å². The number of rotatable bonds is 5. The zero-order valence-corrected chi connectivity index (χ0v) is 13.5. The molecule has 0 radical (unpaired) electrons. The third-order valence-corrected chi connectivity index (χ3v) is 3.67. The van der Waals surface area contributed by atoms with E-state index in [0.29, 0.717) is 0 Å². The number of halogens is 1. The first-order valence-corrected chi connectivity index (χ1v) is 7.44. The van der Waals surface area contributed by atoms with Crippen LogP contribution in [-0.4, -0.2) is 18.1 Å². The van der Waals surface area contributed by atoms with Gasteiger partial charge in [-0.2, -0.15) is 0 Å². The van der Waals surface area contributed by atoms with E-state index >= 15 is 0 Å². The van der Waals surface area contributed by atoms with Crippen LogP contribution < -0.4 is 10.1 Å². The topological polar surface area (TPSA) is 34.2 Å². The van der Waals surface area contributed by atoms with Gasteiger partial charge in [0.1, 0.15) is 5.75 Å². The van der Waals surface area contributed by atoms with E-state index in [2.05, 4.69) is 32.3 Å². The van der Waals surface area contributed by atoms with Crippen molar-refractivity contribution < 1.29 is 4.74 Å². The molecule has 0 bridgehead atoms. The lowest BCUT2D eigenvalue weighted by Gasteiger charge is -2.19. The Morgan fingerprint density at radius 3 is 2.60 bits per heavy atom. The van der Waals surface area contributed by atoms with Crippen LogP contribution in [0.5, 0.6) is 5.75 Å². The molecule has 0 fully saturated rings. The predicted octanol–water partition coefficient (Wildman–Crippen LogP) is 3.94. The molecule has 3 nitrogen and oxygen atoms in total. The molecule has 0 aliphatic heterocycles. The summed E-state index contributed by atoms with van der Waals surface area (Å²) in [7, 11) is 1.94. The van der Waals surface area contributed by atoms with Gasteiger partial charge in [0.15, 0.2) is 0 Å². The highest BCUT2D eigenvalue weighted by molar-refractivity contribution is 9.10. The van der Waals surface area contributed by atoms with Crippen molar-refractivity contribution in [3.8, 4) is 5.75 Å². The SMILES string of the molecule is CNC(c1cncc(OC(C)C)c1)c1ccccc1Br. The van der Waals surface area contributed by atoms with Gasteiger partial charge in [-0.1, -0.05) is 34.1 Å². The summed E-state index contributed by atoms with van der Waals surface area (Å²) in [4.78, 5) is 4.28. The Balaban J connectivity index is 2.35. The van der Waals surface area contributed by atoms with E-state index in [1.165, 1.54) is 5.56 Å². The number of nitrogens with zero attached hydrogens (tertiary/aromatic N) is 1. The van der Waals surface area contributed by atoms with Gasteiger partial charge in [-0.25, -0.2) is 0 Å². The molecule has 1 atom stereocenters. The monoisotopic (exact) mass is 334 g/mol. The standard InChI is InChI=1S/C16H19BrN2O/c1-11(2)20-13-8-12(9-19-10-13)16(18-3)14-6-4-5-7-15(14)17/h4-11,16,18H,1-3H3. The minimum atomic E-state index is 0.0776. The summed E-state index contributed by atoms with van der Waals surface area (Å²) in [5, 5.41) is 3.33. The molecule has 1 aromatic heterocycles. The average molecular weight is 335 g/mol. The van der Waals surface area contributed by atoms with Gasteiger partial charge >= 0.3 is 0 Å². The number of nitrogens with one attached hydrogen (secondary N) is 1. The molecule has 0 saturated heterocycles. The van der Waals surface area contributed by atoms with E-state index < -0.39 is 0 Å². The van der Waals surface area contributed by atoms with Crippen LogP contribution in [0.3, 0.4) is 0 Å². The molecule has 0 amide bonds. The Hall–Kier alpha value is -1.39. The first kappa shape index (κ1) is 15.0. The lowest BCUT2D eigenvalue weighted by Crippen LogP contribution is -2.18. The predicted molar refractivity (Wildman–Crippen MR) is 85.0 cm³/mol. The molecule has 2 aromatic rings. The van der Waals surface area contributed by atoms with E-state index in [4.69, 9.17) is 4.74 Å². The van der Waals surface area contributed by atoms with E-state index in [1.807, 2.05) is 51.4 Å². The van der Waals surface area contributed by atoms with E-state index in [0.717, 1.165) is 15.8 Å². The number of pyridine rings is 1. The van der Waals surface area contributed by atoms with Crippen LogP contribution in [-0.2, 0) is 0 Å². The molecule has 20 heavy (non-hydrogen) atoms. The number of benzene rings is 1. The molecule has 1 unspecified atom stereocenters. The summed E-state index contributed by atoms with van der Waals surface area (Å²) in [5.74, 6) is 0.796. The molecule has 106 valence electrons. The maximum Gasteiger partial charge on any atom is 0.138 e. The molecule has 1 heterocycles. The van der Waals surface area contributed by atoms with Crippen LogP contribution in [0.15, 0.2) is 47.2 Å². The molecule has 0 saturated carbocycles. The average Bonchev–Trinajstić information content (AvgIpc) is 2.41. The number of hydrogen-bond acceptors (Lipinski definition) is 3. The summed E-state index contributed by atoms with van der Waals surface area (Å²) in [6, 6.07) is 10.3. The fraction of sp³-hybridized carbons (Fsp3) is 0.312. The summed E-state index contributed by atoms with van der Waals surface area (Å²) in [6.45, 7) is 4.02. The Bertz CT molecular complexity index is 572. The zero-order valence-electron chi connectivity index (χ0n) is 11.9. The van der Waals surface area contributed by atoms with Crippen LogP contribution >= 0.6 is 15.9 Å². The lowest BCUT2D eigenvalue weighted by atomic mass is 10.0. The van der Waals surface area contributed by atoms with Gasteiger partial charge in [-0.3, -0.25) is 4.98 Å². The highest BCUT2D eigenvalue weighted by Gasteiger charge is 2.15. The van der Waals surface area contributed by atoms with E-state index in [-0.39, 0.29) is 12.1 Å². The summed E-state index contributed by atoms with van der Waals surface area (Å²) >= 11 is 3.60. The Kier molecular flexibility index (Phi) is 5.15. The molecular weight excluding hydrogens is 316 g/mol. The third kappa shape index (κ3) is 3.58. The van der Waals surface area contributed by atoms with Crippen molar-refractivity contribution in [2.24, 2.45) is 0 Å². The van der Waals surface area contributed by atoms with Crippen LogP contribution in [0.25, 0.3) is 0 Å². The number of hydrogen-bond donors (Lipinski definition) is 1. The van der Waals surface area contributed by atoms with Crippen molar-refractivity contribution in [2.45, 2.75) is 26.0 Å². The minimum Gasteiger partial charge on any atom is -0.489 e. The van der Waals surface area contributed by atoms with Gasteiger partial charge in [-0.05, 0) is 44.2 Å². The first-order chi connectivity index (χ1) is 9.61. The molecule has 1 aromatic carbocycles. The van der Waals surface area contributed by atoms with E-state index in [9.17, 15) is 0 Å². The Labute approximate surface area is 128 Å². The fourth-order valence-corrected chi connectivity index (χ4v) is 2.65. The van der Waals surface area contributed by atoms with Crippen LogP contribution in [0.1, 0.15) is 31.0 Å². The molecule has 4 heteroatoms. The molecule has 0 spiro atoms. The van der Waals surface area contributed by atoms with Crippen molar-refractivity contribution in [3.05, 3.63) is 58.3 Å². The first-order valence-electron chi connectivity index (χ1n) is 6.65. The van der Waals surface area contributed by atoms with E-state index in [1.54, 1.807) is 6.20 Å². The highest BCUT2D eigenvalue weighted by Crippen LogP contribution is 2.29. The molecule has 0 aliphatic rings. The highest BCUT2D eigenvalue weighted by atomic mass is 79.9. The normalized spacial score (nSPS) is 12.4. The number of aromatic nitrogens is 1. The van der Waals surface area contributed by atoms with Crippen LogP contribution in [0.2, 0.25) is 0 Å². The van der Waals surface area contributed by atoms with Crippen LogP contribution in [0, 0.1) is 0 Å². The van der Waals surface area contributed by atoms with Gasteiger partial charge < -0.3 is 10.1 Å². The minimum absolute atomic E-state index is 0.0776. The number of ether oxygens (including phenoxy) is 1. The second kappa shape index (κ2) is 6.86. The van der Waals surface area contributed by atoms with Crippen molar-refractivity contribution in [3.63, 3.8) is 0 Å². The van der Waals surface area contributed by atoms with Crippen molar-refractivity contribution in [1.29, 1.82) is 0 Å². The van der Waals surface area contributed by atoms with Gasteiger partial charge in [-0.15, -0.1) is 0 Å². The van der Waals surface area contributed by atoms with Gasteiger partial charge in [0.05, 0.1) is 18.3 Å². The second-order valence-corrected chi connectivity index (χ2v) is 5.72. The second-order valence-electron chi connectivity index (χ2n) is 4.86.